The van der Waals surface area contributed by atoms with Gasteiger partial charge in [-0.3, -0.25) is 14.3 Å². The standard InChI is InChI=1S/C21H32N4O2/c1-4-25-12-17(11-22-25)23-19(26)18(13(2)3)24-20(27)21-8-14-5-15(9-21)7-16(6-14)10-21/h11-16,18H,4-10H2,1-3H3,(H,23,26)(H,24,27)/t14?,15?,16?,18-,21?/m0/s1. The number of nitrogens with one attached hydrogen (secondary N) is 2. The number of anilines is 1. The normalized spacial score (nSPS) is 32.5. The largest absolute Gasteiger partial charge is 0.344 e. The van der Waals surface area contributed by atoms with E-state index in [-0.39, 0.29) is 23.1 Å². The van der Waals surface area contributed by atoms with Gasteiger partial charge in [0.05, 0.1) is 11.9 Å². The molecule has 1 aromatic rings. The van der Waals surface area contributed by atoms with Gasteiger partial charge >= 0.3 is 0 Å². The lowest BCUT2D eigenvalue weighted by Gasteiger charge is -2.55. The highest BCUT2D eigenvalue weighted by molar-refractivity contribution is 5.98. The van der Waals surface area contributed by atoms with Crippen molar-refractivity contribution < 1.29 is 9.59 Å². The lowest BCUT2D eigenvalue weighted by atomic mass is 9.49. The fourth-order valence-electron chi connectivity index (χ4n) is 6.04. The van der Waals surface area contributed by atoms with Crippen LogP contribution >= 0.6 is 0 Å². The Hall–Kier alpha value is -1.85. The summed E-state index contributed by atoms with van der Waals surface area (Å²) < 4.78 is 1.77. The Morgan fingerprint density at radius 1 is 1.19 bits per heavy atom. The third-order valence-corrected chi connectivity index (χ3v) is 6.98. The topological polar surface area (TPSA) is 76.0 Å². The predicted molar refractivity (Wildman–Crippen MR) is 104 cm³/mol. The van der Waals surface area contributed by atoms with Crippen LogP contribution in [0.4, 0.5) is 5.69 Å². The molecule has 4 aliphatic carbocycles. The summed E-state index contributed by atoms with van der Waals surface area (Å²) in [7, 11) is 0. The van der Waals surface area contributed by atoms with Crippen molar-refractivity contribution >= 4 is 17.5 Å². The molecule has 4 fully saturated rings. The second kappa shape index (κ2) is 6.95. The Bertz CT molecular complexity index is 688. The van der Waals surface area contributed by atoms with E-state index < -0.39 is 6.04 Å². The molecule has 6 heteroatoms. The Labute approximate surface area is 161 Å². The number of rotatable bonds is 6. The summed E-state index contributed by atoms with van der Waals surface area (Å²) in [5, 5.41) is 10.3. The zero-order chi connectivity index (χ0) is 19.2. The molecule has 1 heterocycles. The van der Waals surface area contributed by atoms with Gasteiger partial charge in [0.1, 0.15) is 6.04 Å². The first-order valence-electron chi connectivity index (χ1n) is 10.5. The molecule has 27 heavy (non-hydrogen) atoms. The van der Waals surface area contributed by atoms with Crippen LogP contribution in [0.2, 0.25) is 0 Å². The Balaban J connectivity index is 1.45. The SMILES string of the molecule is CCn1cc(NC(=O)[C@@H](NC(=O)C23CC4CC(CC(C4)C2)C3)C(C)C)cn1. The van der Waals surface area contributed by atoms with Gasteiger partial charge in [-0.25, -0.2) is 0 Å². The van der Waals surface area contributed by atoms with Crippen molar-refractivity contribution in [2.75, 3.05) is 5.32 Å². The predicted octanol–water partition coefficient (Wildman–Crippen LogP) is 3.20. The molecule has 0 radical (unpaired) electrons. The molecule has 1 aromatic heterocycles. The number of aryl methyl sites for hydroxylation is 1. The molecule has 0 unspecified atom stereocenters. The van der Waals surface area contributed by atoms with Crippen molar-refractivity contribution in [3.63, 3.8) is 0 Å². The van der Waals surface area contributed by atoms with Crippen LogP contribution in [-0.4, -0.2) is 27.6 Å². The first-order valence-corrected chi connectivity index (χ1v) is 10.5. The van der Waals surface area contributed by atoms with E-state index in [0.717, 1.165) is 25.8 Å². The molecule has 4 saturated carbocycles. The summed E-state index contributed by atoms with van der Waals surface area (Å²) in [6, 6.07) is -0.518. The number of amides is 2. The van der Waals surface area contributed by atoms with E-state index in [1.54, 1.807) is 10.9 Å². The quantitative estimate of drug-likeness (QED) is 0.805. The number of aromatic nitrogens is 2. The van der Waals surface area contributed by atoms with Crippen LogP contribution in [0.3, 0.4) is 0 Å². The van der Waals surface area contributed by atoms with Gasteiger partial charge in [-0.1, -0.05) is 13.8 Å². The van der Waals surface area contributed by atoms with E-state index >= 15 is 0 Å². The van der Waals surface area contributed by atoms with Crippen molar-refractivity contribution in [2.24, 2.45) is 29.1 Å². The third-order valence-electron chi connectivity index (χ3n) is 6.98. The third kappa shape index (κ3) is 3.50. The average Bonchev–Trinajstić information content (AvgIpc) is 3.05. The van der Waals surface area contributed by atoms with Crippen LogP contribution in [0.5, 0.6) is 0 Å². The van der Waals surface area contributed by atoms with E-state index in [0.29, 0.717) is 23.4 Å². The van der Waals surface area contributed by atoms with E-state index in [2.05, 4.69) is 15.7 Å². The number of carbonyl (C=O) groups is 2. The Morgan fingerprint density at radius 2 is 1.78 bits per heavy atom. The van der Waals surface area contributed by atoms with E-state index in [4.69, 9.17) is 0 Å². The smallest absolute Gasteiger partial charge is 0.247 e. The summed E-state index contributed by atoms with van der Waals surface area (Å²) in [6.45, 7) is 6.73. The van der Waals surface area contributed by atoms with Gasteiger partial charge in [-0.05, 0) is 69.1 Å². The second-order valence-corrected chi connectivity index (χ2v) is 9.47. The van der Waals surface area contributed by atoms with Crippen molar-refractivity contribution in [1.29, 1.82) is 0 Å². The summed E-state index contributed by atoms with van der Waals surface area (Å²) in [5.41, 5.74) is 0.450. The zero-order valence-corrected chi connectivity index (χ0v) is 16.7. The van der Waals surface area contributed by atoms with Crippen LogP contribution < -0.4 is 10.6 Å². The van der Waals surface area contributed by atoms with Crippen LogP contribution in [0.15, 0.2) is 12.4 Å². The summed E-state index contributed by atoms with van der Waals surface area (Å²) >= 11 is 0. The maximum Gasteiger partial charge on any atom is 0.247 e. The number of hydrogen-bond acceptors (Lipinski definition) is 3. The van der Waals surface area contributed by atoms with Crippen molar-refractivity contribution in [3.8, 4) is 0 Å². The molecule has 148 valence electrons. The fourth-order valence-corrected chi connectivity index (χ4v) is 6.04. The number of hydrogen-bond donors (Lipinski definition) is 2. The lowest BCUT2D eigenvalue weighted by molar-refractivity contribution is -0.148. The van der Waals surface area contributed by atoms with Crippen LogP contribution in [0, 0.1) is 29.1 Å². The minimum Gasteiger partial charge on any atom is -0.344 e. The minimum absolute atomic E-state index is 0.0316. The van der Waals surface area contributed by atoms with Crippen LogP contribution in [-0.2, 0) is 16.1 Å². The van der Waals surface area contributed by atoms with Crippen molar-refractivity contribution in [1.82, 2.24) is 15.1 Å². The molecule has 1 atom stereocenters. The van der Waals surface area contributed by atoms with E-state index in [9.17, 15) is 9.59 Å². The highest BCUT2D eigenvalue weighted by Crippen LogP contribution is 2.60. The fraction of sp³-hybridized carbons (Fsp3) is 0.762. The first-order chi connectivity index (χ1) is 12.9. The van der Waals surface area contributed by atoms with Crippen LogP contribution in [0.25, 0.3) is 0 Å². The molecule has 0 aliphatic heterocycles. The molecule has 2 N–H and O–H groups in total. The van der Waals surface area contributed by atoms with E-state index in [1.807, 2.05) is 27.0 Å². The Morgan fingerprint density at radius 3 is 2.26 bits per heavy atom. The molecule has 0 aromatic carbocycles. The molecule has 6 nitrogen and oxygen atoms in total. The van der Waals surface area contributed by atoms with Gasteiger partial charge in [0.25, 0.3) is 0 Å². The van der Waals surface area contributed by atoms with Gasteiger partial charge < -0.3 is 10.6 Å². The van der Waals surface area contributed by atoms with E-state index in [1.165, 1.54) is 19.3 Å². The van der Waals surface area contributed by atoms with Gasteiger partial charge in [0.15, 0.2) is 0 Å². The highest BCUT2D eigenvalue weighted by atomic mass is 16.2. The second-order valence-electron chi connectivity index (χ2n) is 9.47. The van der Waals surface area contributed by atoms with Gasteiger partial charge in [0, 0.05) is 18.2 Å². The first kappa shape index (κ1) is 18.5. The van der Waals surface area contributed by atoms with Crippen molar-refractivity contribution in [3.05, 3.63) is 12.4 Å². The highest BCUT2D eigenvalue weighted by Gasteiger charge is 2.55. The van der Waals surface area contributed by atoms with Crippen molar-refractivity contribution in [2.45, 2.75) is 71.9 Å². The number of carbonyl (C=O) groups excluding carboxylic acids is 2. The maximum atomic E-state index is 13.3. The van der Waals surface area contributed by atoms with Gasteiger partial charge in [-0.2, -0.15) is 5.10 Å². The average molecular weight is 373 g/mol. The van der Waals surface area contributed by atoms with Gasteiger partial charge in [0.2, 0.25) is 11.8 Å². The molecule has 2 amide bonds. The summed E-state index contributed by atoms with van der Waals surface area (Å²) in [6.07, 6.45) is 10.4. The molecule has 5 rings (SSSR count). The Kier molecular flexibility index (Phi) is 4.77. The molecule has 0 saturated heterocycles. The number of nitrogens with zero attached hydrogens (tertiary/aromatic N) is 2. The summed E-state index contributed by atoms with van der Waals surface area (Å²) in [4.78, 5) is 26.2. The lowest BCUT2D eigenvalue weighted by Crippen LogP contribution is -2.57. The molecule has 0 spiro atoms. The summed E-state index contributed by atoms with van der Waals surface area (Å²) in [5.74, 6) is 2.14. The molecule has 4 bridgehead atoms. The van der Waals surface area contributed by atoms with Gasteiger partial charge in [-0.15, -0.1) is 0 Å². The molecular formula is C21H32N4O2. The maximum absolute atomic E-state index is 13.3. The zero-order valence-electron chi connectivity index (χ0n) is 16.7. The van der Waals surface area contributed by atoms with Crippen LogP contribution in [0.1, 0.15) is 59.3 Å². The monoisotopic (exact) mass is 372 g/mol. The molecular weight excluding hydrogens is 340 g/mol. The minimum atomic E-state index is -0.518. The molecule has 4 aliphatic rings.